The molecule has 1 aliphatic rings. The third-order valence-electron chi connectivity index (χ3n) is 6.74. The number of aromatic nitrogens is 5. The number of aryl methyl sites for hydroxylation is 1. The number of nitrogens with zero attached hydrogens (tertiary/aromatic N) is 6. The van der Waals surface area contributed by atoms with E-state index in [-0.39, 0.29) is 34.1 Å². The zero-order valence-electron chi connectivity index (χ0n) is 21.7. The van der Waals surface area contributed by atoms with Gasteiger partial charge in [-0.1, -0.05) is 16.8 Å². The number of carbonyl (C=O) groups excluding carboxylic acids is 1. The quantitative estimate of drug-likeness (QED) is 0.342. The molecule has 0 radical (unpaired) electrons. The van der Waals surface area contributed by atoms with E-state index in [4.69, 9.17) is 16.3 Å². The summed E-state index contributed by atoms with van der Waals surface area (Å²) in [5.41, 5.74) is 1.85. The molecule has 14 heteroatoms. The van der Waals surface area contributed by atoms with Gasteiger partial charge < -0.3 is 15.2 Å². The molecule has 0 saturated carbocycles. The zero-order chi connectivity index (χ0) is 28.8. The molecule has 1 amide bonds. The first-order chi connectivity index (χ1) is 18.9. The highest BCUT2D eigenvalue weighted by Crippen LogP contribution is 2.39. The van der Waals surface area contributed by atoms with Gasteiger partial charge in [0.15, 0.2) is 0 Å². The maximum absolute atomic E-state index is 13.7. The van der Waals surface area contributed by atoms with Crippen LogP contribution in [0.4, 0.5) is 18.9 Å². The normalized spacial score (nSPS) is 14.3. The van der Waals surface area contributed by atoms with Gasteiger partial charge in [0.2, 0.25) is 0 Å². The van der Waals surface area contributed by atoms with E-state index in [1.807, 2.05) is 6.92 Å². The van der Waals surface area contributed by atoms with Crippen molar-refractivity contribution >= 4 is 23.2 Å². The summed E-state index contributed by atoms with van der Waals surface area (Å²) in [7, 11) is 3.12. The number of methoxy groups -OCH3 is 1. The second-order valence-corrected chi connectivity index (χ2v) is 9.90. The van der Waals surface area contributed by atoms with Crippen LogP contribution in [0.25, 0.3) is 16.9 Å². The summed E-state index contributed by atoms with van der Waals surface area (Å²) in [6, 6.07) is 6.24. The molecule has 2 N–H and O–H groups in total. The van der Waals surface area contributed by atoms with Gasteiger partial charge in [0.25, 0.3) is 5.91 Å². The molecule has 3 heterocycles. The average Bonchev–Trinajstić information content (AvgIpc) is 3.49. The lowest BCUT2D eigenvalue weighted by Gasteiger charge is -2.36. The number of carbonyl (C=O) groups is 1. The van der Waals surface area contributed by atoms with Crippen molar-refractivity contribution in [3.8, 4) is 22.7 Å². The van der Waals surface area contributed by atoms with Gasteiger partial charge in [0.1, 0.15) is 11.4 Å². The van der Waals surface area contributed by atoms with Crippen LogP contribution in [0.3, 0.4) is 0 Å². The Bertz CT molecular complexity index is 1580. The number of nitrogens with one attached hydrogen (secondary N) is 1. The molecule has 40 heavy (non-hydrogen) atoms. The molecule has 0 aliphatic carbocycles. The maximum Gasteiger partial charge on any atom is 0.416 e. The number of aliphatic hydroxyl groups is 1. The fourth-order valence-corrected chi connectivity index (χ4v) is 4.70. The van der Waals surface area contributed by atoms with Crippen molar-refractivity contribution in [3.63, 3.8) is 0 Å². The van der Waals surface area contributed by atoms with Gasteiger partial charge >= 0.3 is 6.18 Å². The number of rotatable bonds is 7. The smallest absolute Gasteiger partial charge is 0.416 e. The van der Waals surface area contributed by atoms with Crippen molar-refractivity contribution < 1.29 is 27.8 Å². The first-order valence-corrected chi connectivity index (χ1v) is 12.5. The van der Waals surface area contributed by atoms with E-state index in [1.54, 1.807) is 29.0 Å². The third kappa shape index (κ3) is 5.40. The predicted molar refractivity (Wildman–Crippen MR) is 141 cm³/mol. The van der Waals surface area contributed by atoms with E-state index >= 15 is 0 Å². The minimum atomic E-state index is -4.65. The number of amides is 1. The van der Waals surface area contributed by atoms with E-state index in [0.717, 1.165) is 23.4 Å². The van der Waals surface area contributed by atoms with E-state index < -0.39 is 23.8 Å². The Labute approximate surface area is 231 Å². The molecule has 0 bridgehead atoms. The predicted octanol–water partition coefficient (Wildman–Crippen LogP) is 4.09. The van der Waals surface area contributed by atoms with Gasteiger partial charge in [-0.05, 0) is 37.3 Å². The molecule has 2 aromatic carbocycles. The number of likely N-dealkylation sites (tertiary alicyclic amines) is 1. The molecule has 1 fully saturated rings. The van der Waals surface area contributed by atoms with Crippen molar-refractivity contribution in [2.45, 2.75) is 25.7 Å². The van der Waals surface area contributed by atoms with Crippen molar-refractivity contribution in [3.05, 3.63) is 70.1 Å². The third-order valence-corrected chi connectivity index (χ3v) is 7.06. The van der Waals surface area contributed by atoms with Crippen LogP contribution in [0.2, 0.25) is 5.02 Å². The minimum absolute atomic E-state index is 0.102. The SMILES string of the molecule is COc1c(CN2CC(O)C2)cc(C(F)(F)F)cc1NC(=O)c1ccc(Cl)c(-n2cc(-c3cnn(C)c3C)nn2)c1. The van der Waals surface area contributed by atoms with Crippen molar-refractivity contribution in [2.24, 2.45) is 7.05 Å². The lowest BCUT2D eigenvalue weighted by atomic mass is 10.0. The first-order valence-electron chi connectivity index (χ1n) is 12.2. The largest absolute Gasteiger partial charge is 0.494 e. The fourth-order valence-electron chi connectivity index (χ4n) is 4.50. The average molecular weight is 576 g/mol. The number of β-amino-alcohol motifs (C(OH)–C–C–N with tert-alkyl or cyclic N) is 1. The van der Waals surface area contributed by atoms with Crippen molar-refractivity contribution in [1.29, 1.82) is 0 Å². The molecule has 1 aliphatic heterocycles. The Kier molecular flexibility index (Phi) is 7.29. The number of ether oxygens (including phenoxy) is 1. The highest BCUT2D eigenvalue weighted by atomic mass is 35.5. The van der Waals surface area contributed by atoms with Gasteiger partial charge in [0.05, 0.1) is 47.6 Å². The van der Waals surface area contributed by atoms with Crippen LogP contribution in [0.5, 0.6) is 5.75 Å². The molecule has 1 saturated heterocycles. The second-order valence-electron chi connectivity index (χ2n) is 9.50. The van der Waals surface area contributed by atoms with Gasteiger partial charge in [-0.2, -0.15) is 18.3 Å². The van der Waals surface area contributed by atoms with Crippen LogP contribution in [0.1, 0.15) is 27.2 Å². The Morgan fingerprint density at radius 3 is 2.62 bits per heavy atom. The van der Waals surface area contributed by atoms with Crippen molar-refractivity contribution in [1.82, 2.24) is 29.7 Å². The Morgan fingerprint density at radius 2 is 2.00 bits per heavy atom. The van der Waals surface area contributed by atoms with Gasteiger partial charge in [-0.25, -0.2) is 4.68 Å². The number of hydrogen-bond acceptors (Lipinski definition) is 7. The molecule has 0 spiro atoms. The van der Waals surface area contributed by atoms with E-state index in [0.29, 0.717) is 24.5 Å². The number of anilines is 1. The topological polar surface area (TPSA) is 110 Å². The molecule has 5 rings (SSSR count). The Balaban J connectivity index is 1.45. The van der Waals surface area contributed by atoms with Crippen LogP contribution >= 0.6 is 11.6 Å². The number of aliphatic hydroxyl groups excluding tert-OH is 1. The number of benzene rings is 2. The summed E-state index contributed by atoms with van der Waals surface area (Å²) in [5.74, 6) is -0.575. The standard InChI is InChI=1S/C26H25ClF3N7O3/c1-14-19(9-31-35(14)2)22-13-37(34-33-22)23-7-15(4-5-20(23)27)25(39)32-21-8-17(26(28,29)30)6-16(24(21)40-3)10-36-11-18(38)12-36/h4-9,13,18,38H,10-12H2,1-3H3,(H,32,39). The molecule has 10 nitrogen and oxygen atoms in total. The van der Waals surface area contributed by atoms with Crippen LogP contribution in [-0.4, -0.2) is 67.0 Å². The second kappa shape index (κ2) is 10.6. The van der Waals surface area contributed by atoms with E-state index in [2.05, 4.69) is 20.7 Å². The van der Waals surface area contributed by atoms with Crippen LogP contribution in [-0.2, 0) is 19.8 Å². The zero-order valence-corrected chi connectivity index (χ0v) is 22.5. The van der Waals surface area contributed by atoms with Gasteiger partial charge in [-0.3, -0.25) is 14.4 Å². The molecular formula is C26H25ClF3N7O3. The molecule has 210 valence electrons. The summed E-state index contributed by atoms with van der Waals surface area (Å²) in [6.07, 6.45) is -1.87. The number of alkyl halides is 3. The Hall–Kier alpha value is -3.94. The number of halogens is 4. The molecule has 0 atom stereocenters. The van der Waals surface area contributed by atoms with E-state index in [1.165, 1.54) is 30.0 Å². The molecule has 4 aromatic rings. The maximum atomic E-state index is 13.7. The summed E-state index contributed by atoms with van der Waals surface area (Å²) < 4.78 is 49.7. The monoisotopic (exact) mass is 575 g/mol. The minimum Gasteiger partial charge on any atom is -0.494 e. The van der Waals surface area contributed by atoms with Crippen LogP contribution in [0, 0.1) is 6.92 Å². The summed E-state index contributed by atoms with van der Waals surface area (Å²) in [5, 5.41) is 24.9. The fraction of sp³-hybridized carbons (Fsp3) is 0.308. The summed E-state index contributed by atoms with van der Waals surface area (Å²) in [4.78, 5) is 15.0. The lowest BCUT2D eigenvalue weighted by molar-refractivity contribution is -0.137. The molecule has 2 aromatic heterocycles. The van der Waals surface area contributed by atoms with Crippen LogP contribution in [0.15, 0.2) is 42.7 Å². The Morgan fingerprint density at radius 1 is 1.25 bits per heavy atom. The van der Waals surface area contributed by atoms with Crippen molar-refractivity contribution in [2.75, 3.05) is 25.5 Å². The first kappa shape index (κ1) is 27.6. The summed E-state index contributed by atoms with van der Waals surface area (Å²) in [6.45, 7) is 2.67. The van der Waals surface area contributed by atoms with Gasteiger partial charge in [0, 0.05) is 49.1 Å². The van der Waals surface area contributed by atoms with Gasteiger partial charge in [-0.15, -0.1) is 5.10 Å². The highest BCUT2D eigenvalue weighted by molar-refractivity contribution is 6.32. The highest BCUT2D eigenvalue weighted by Gasteiger charge is 2.34. The van der Waals surface area contributed by atoms with E-state index in [9.17, 15) is 23.1 Å². The molecule has 0 unspecified atom stereocenters. The van der Waals surface area contributed by atoms with Crippen LogP contribution < -0.4 is 10.1 Å². The summed E-state index contributed by atoms with van der Waals surface area (Å²) >= 11 is 6.40. The molecular weight excluding hydrogens is 551 g/mol. The lowest BCUT2D eigenvalue weighted by Crippen LogP contribution is -2.49. The number of hydrogen-bond donors (Lipinski definition) is 2.